The third-order valence-electron chi connectivity index (χ3n) is 3.24. The lowest BCUT2D eigenvalue weighted by Gasteiger charge is -2.11. The molecule has 80 valence electrons. The molecule has 0 N–H and O–H groups in total. The Bertz CT molecular complexity index is 362. The minimum Gasteiger partial charge on any atom is -0.490 e. The molecule has 0 radical (unpaired) electrons. The highest BCUT2D eigenvalue weighted by Gasteiger charge is 2.27. The molecule has 2 aliphatic rings. The van der Waals surface area contributed by atoms with E-state index in [9.17, 15) is 0 Å². The Labute approximate surface area is 91.5 Å². The number of aryl methyl sites for hydroxylation is 1. The summed E-state index contributed by atoms with van der Waals surface area (Å²) in [5.74, 6) is 2.09. The van der Waals surface area contributed by atoms with Crippen molar-refractivity contribution in [2.75, 3.05) is 0 Å². The van der Waals surface area contributed by atoms with Gasteiger partial charge in [0.2, 0.25) is 0 Å². The highest BCUT2D eigenvalue weighted by molar-refractivity contribution is 5.38. The van der Waals surface area contributed by atoms with Crippen molar-refractivity contribution in [3.63, 3.8) is 0 Å². The zero-order valence-electron chi connectivity index (χ0n) is 9.33. The lowest BCUT2D eigenvalue weighted by molar-refractivity contribution is 0.299. The van der Waals surface area contributed by atoms with E-state index in [1.807, 2.05) is 0 Å². The summed E-state index contributed by atoms with van der Waals surface area (Å²) in [5.41, 5.74) is 2.79. The second-order valence-corrected chi connectivity index (χ2v) is 5.08. The monoisotopic (exact) mass is 202 g/mol. The van der Waals surface area contributed by atoms with Gasteiger partial charge in [-0.3, -0.25) is 0 Å². The molecule has 0 atom stereocenters. The van der Waals surface area contributed by atoms with Gasteiger partial charge in [0.1, 0.15) is 5.75 Å². The number of rotatable bonds is 4. The summed E-state index contributed by atoms with van der Waals surface area (Å²) in [6.07, 6.45) is 7.07. The zero-order chi connectivity index (χ0) is 10.3. The standard InChI is InChI=1S/C14H18O/c1-10-2-7-14(15-13-5-6-13)12(8-10)9-11-3-4-11/h2,7-8,11,13H,3-6,9H2,1H3. The lowest BCUT2D eigenvalue weighted by atomic mass is 10.1. The van der Waals surface area contributed by atoms with Crippen LogP contribution >= 0.6 is 0 Å². The highest BCUT2D eigenvalue weighted by Crippen LogP contribution is 2.37. The van der Waals surface area contributed by atoms with E-state index in [4.69, 9.17) is 4.74 Å². The van der Waals surface area contributed by atoms with Gasteiger partial charge in [0.05, 0.1) is 6.10 Å². The zero-order valence-corrected chi connectivity index (χ0v) is 9.33. The Morgan fingerprint density at radius 1 is 1.20 bits per heavy atom. The molecule has 0 heterocycles. The fourth-order valence-electron chi connectivity index (χ4n) is 1.98. The van der Waals surface area contributed by atoms with E-state index in [0.717, 1.165) is 11.7 Å². The van der Waals surface area contributed by atoms with Gasteiger partial charge in [-0.05, 0) is 56.6 Å². The third-order valence-corrected chi connectivity index (χ3v) is 3.24. The average molecular weight is 202 g/mol. The molecule has 0 unspecified atom stereocenters. The molecule has 0 spiro atoms. The van der Waals surface area contributed by atoms with Crippen molar-refractivity contribution in [2.45, 2.75) is 45.1 Å². The summed E-state index contributed by atoms with van der Waals surface area (Å²) in [6, 6.07) is 6.62. The molecule has 2 saturated carbocycles. The quantitative estimate of drug-likeness (QED) is 0.726. The second-order valence-electron chi connectivity index (χ2n) is 5.08. The molecule has 2 aliphatic carbocycles. The van der Waals surface area contributed by atoms with Gasteiger partial charge in [-0.25, -0.2) is 0 Å². The van der Waals surface area contributed by atoms with Crippen molar-refractivity contribution in [1.29, 1.82) is 0 Å². The SMILES string of the molecule is Cc1ccc(OC2CC2)c(CC2CC2)c1. The fourth-order valence-corrected chi connectivity index (χ4v) is 1.98. The molecule has 1 aromatic carbocycles. The third kappa shape index (κ3) is 2.34. The maximum absolute atomic E-state index is 5.94. The smallest absolute Gasteiger partial charge is 0.122 e. The molecule has 15 heavy (non-hydrogen) atoms. The van der Waals surface area contributed by atoms with Crippen LogP contribution in [0.4, 0.5) is 0 Å². The van der Waals surface area contributed by atoms with E-state index < -0.39 is 0 Å². The van der Waals surface area contributed by atoms with Gasteiger partial charge >= 0.3 is 0 Å². The molecule has 0 saturated heterocycles. The van der Waals surface area contributed by atoms with Crippen molar-refractivity contribution in [3.05, 3.63) is 29.3 Å². The van der Waals surface area contributed by atoms with Crippen molar-refractivity contribution in [1.82, 2.24) is 0 Å². The summed E-state index contributed by atoms with van der Waals surface area (Å²) >= 11 is 0. The first kappa shape index (κ1) is 9.26. The first-order valence-electron chi connectivity index (χ1n) is 6.07. The van der Waals surface area contributed by atoms with E-state index in [0.29, 0.717) is 6.10 Å². The van der Waals surface area contributed by atoms with E-state index in [2.05, 4.69) is 25.1 Å². The molecule has 0 aromatic heterocycles. The van der Waals surface area contributed by atoms with Gasteiger partial charge in [-0.2, -0.15) is 0 Å². The molecule has 0 aliphatic heterocycles. The van der Waals surface area contributed by atoms with Gasteiger partial charge in [0.15, 0.2) is 0 Å². The van der Waals surface area contributed by atoms with Crippen LogP contribution in [0.1, 0.15) is 36.8 Å². The van der Waals surface area contributed by atoms with Crippen molar-refractivity contribution in [3.8, 4) is 5.75 Å². The van der Waals surface area contributed by atoms with E-state index >= 15 is 0 Å². The number of benzene rings is 1. The van der Waals surface area contributed by atoms with Crippen molar-refractivity contribution < 1.29 is 4.74 Å². The van der Waals surface area contributed by atoms with Crippen LogP contribution in [0.25, 0.3) is 0 Å². The largest absolute Gasteiger partial charge is 0.490 e. The fraction of sp³-hybridized carbons (Fsp3) is 0.571. The molecule has 0 amide bonds. The Kier molecular flexibility index (Phi) is 2.19. The lowest BCUT2D eigenvalue weighted by Crippen LogP contribution is -2.00. The minimum atomic E-state index is 0.519. The number of hydrogen-bond acceptors (Lipinski definition) is 1. The van der Waals surface area contributed by atoms with Crippen molar-refractivity contribution >= 4 is 0 Å². The Morgan fingerprint density at radius 3 is 2.67 bits per heavy atom. The van der Waals surface area contributed by atoms with Gasteiger partial charge < -0.3 is 4.74 Å². The van der Waals surface area contributed by atoms with Crippen LogP contribution in [0.15, 0.2) is 18.2 Å². The predicted molar refractivity (Wildman–Crippen MR) is 61.3 cm³/mol. The van der Waals surface area contributed by atoms with Gasteiger partial charge in [-0.1, -0.05) is 17.7 Å². The maximum atomic E-state index is 5.94. The Balaban J connectivity index is 1.81. The van der Waals surface area contributed by atoms with Crippen LogP contribution in [0, 0.1) is 12.8 Å². The maximum Gasteiger partial charge on any atom is 0.122 e. The predicted octanol–water partition coefficient (Wildman–Crippen LogP) is 3.49. The molecule has 1 aromatic rings. The van der Waals surface area contributed by atoms with E-state index in [-0.39, 0.29) is 0 Å². The van der Waals surface area contributed by atoms with Crippen LogP contribution in [-0.2, 0) is 6.42 Å². The molecule has 1 heteroatoms. The van der Waals surface area contributed by atoms with Crippen LogP contribution in [-0.4, -0.2) is 6.10 Å². The van der Waals surface area contributed by atoms with Crippen LogP contribution in [0.3, 0.4) is 0 Å². The van der Waals surface area contributed by atoms with Crippen LogP contribution in [0.2, 0.25) is 0 Å². The number of ether oxygens (including phenoxy) is 1. The molecular formula is C14H18O. The molecular weight excluding hydrogens is 184 g/mol. The first-order valence-corrected chi connectivity index (χ1v) is 6.07. The molecule has 0 bridgehead atoms. The van der Waals surface area contributed by atoms with Crippen molar-refractivity contribution in [2.24, 2.45) is 5.92 Å². The van der Waals surface area contributed by atoms with Crippen LogP contribution in [0.5, 0.6) is 5.75 Å². The summed E-state index contributed by atoms with van der Waals surface area (Å²) in [4.78, 5) is 0. The molecule has 1 nitrogen and oxygen atoms in total. The molecule has 3 rings (SSSR count). The summed E-state index contributed by atoms with van der Waals surface area (Å²) in [5, 5.41) is 0. The average Bonchev–Trinajstić information content (AvgIpc) is 3.04. The molecule has 2 fully saturated rings. The topological polar surface area (TPSA) is 9.23 Å². The Morgan fingerprint density at radius 2 is 2.00 bits per heavy atom. The van der Waals surface area contributed by atoms with Gasteiger partial charge in [0.25, 0.3) is 0 Å². The van der Waals surface area contributed by atoms with Gasteiger partial charge in [-0.15, -0.1) is 0 Å². The normalized spacial score (nSPS) is 20.3. The minimum absolute atomic E-state index is 0.519. The summed E-state index contributed by atoms with van der Waals surface area (Å²) in [7, 11) is 0. The summed E-state index contributed by atoms with van der Waals surface area (Å²) in [6.45, 7) is 2.16. The van der Waals surface area contributed by atoms with E-state index in [1.54, 1.807) is 0 Å². The summed E-state index contributed by atoms with van der Waals surface area (Å²) < 4.78 is 5.94. The van der Waals surface area contributed by atoms with Gasteiger partial charge in [0, 0.05) is 0 Å². The first-order chi connectivity index (χ1) is 7.31. The van der Waals surface area contributed by atoms with E-state index in [1.165, 1.54) is 43.2 Å². The van der Waals surface area contributed by atoms with Crippen LogP contribution < -0.4 is 4.74 Å². The Hall–Kier alpha value is -0.980. The highest BCUT2D eigenvalue weighted by atomic mass is 16.5. The number of hydrogen-bond donors (Lipinski definition) is 0. The second kappa shape index (κ2) is 3.55.